The SMILES string of the molecule is CCCCCN1C(=O)COc2c(OCCC)cc(C=O)cc21. The Morgan fingerprint density at radius 1 is 1.27 bits per heavy atom. The van der Waals surface area contributed by atoms with Crippen LogP contribution in [0.15, 0.2) is 12.1 Å². The largest absolute Gasteiger partial charge is 0.490 e. The number of hydrogen-bond acceptors (Lipinski definition) is 4. The van der Waals surface area contributed by atoms with Crippen molar-refractivity contribution < 1.29 is 19.1 Å². The predicted octanol–water partition coefficient (Wildman–Crippen LogP) is 3.20. The third-order valence-electron chi connectivity index (χ3n) is 3.57. The summed E-state index contributed by atoms with van der Waals surface area (Å²) in [7, 11) is 0. The van der Waals surface area contributed by atoms with E-state index in [9.17, 15) is 9.59 Å². The van der Waals surface area contributed by atoms with E-state index in [4.69, 9.17) is 9.47 Å². The Kier molecular flexibility index (Phi) is 5.81. The summed E-state index contributed by atoms with van der Waals surface area (Å²) >= 11 is 0. The molecule has 1 aromatic carbocycles. The lowest BCUT2D eigenvalue weighted by Crippen LogP contribution is -2.39. The van der Waals surface area contributed by atoms with Crippen LogP contribution in [0.5, 0.6) is 11.5 Å². The monoisotopic (exact) mass is 305 g/mol. The molecule has 0 fully saturated rings. The average Bonchev–Trinajstić information content (AvgIpc) is 2.54. The molecule has 0 saturated carbocycles. The molecule has 1 aromatic rings. The minimum Gasteiger partial charge on any atom is -0.490 e. The number of carbonyl (C=O) groups is 2. The van der Waals surface area contributed by atoms with Crippen molar-refractivity contribution in [3.05, 3.63) is 17.7 Å². The van der Waals surface area contributed by atoms with E-state index in [-0.39, 0.29) is 12.5 Å². The van der Waals surface area contributed by atoms with Crippen LogP contribution in [0.3, 0.4) is 0 Å². The van der Waals surface area contributed by atoms with Gasteiger partial charge in [0.15, 0.2) is 18.1 Å². The number of ether oxygens (including phenoxy) is 2. The van der Waals surface area contributed by atoms with Crippen LogP contribution in [-0.4, -0.2) is 32.0 Å². The number of anilines is 1. The van der Waals surface area contributed by atoms with Crippen molar-refractivity contribution in [1.29, 1.82) is 0 Å². The van der Waals surface area contributed by atoms with Gasteiger partial charge in [-0.05, 0) is 25.0 Å². The predicted molar refractivity (Wildman–Crippen MR) is 85.0 cm³/mol. The van der Waals surface area contributed by atoms with E-state index in [1.165, 1.54) is 0 Å². The number of rotatable bonds is 8. The van der Waals surface area contributed by atoms with E-state index in [1.807, 2.05) is 6.92 Å². The molecule has 0 N–H and O–H groups in total. The van der Waals surface area contributed by atoms with Gasteiger partial charge in [0.2, 0.25) is 0 Å². The van der Waals surface area contributed by atoms with E-state index < -0.39 is 0 Å². The molecule has 120 valence electrons. The van der Waals surface area contributed by atoms with E-state index in [0.717, 1.165) is 32.0 Å². The van der Waals surface area contributed by atoms with Gasteiger partial charge in [0.25, 0.3) is 5.91 Å². The molecule has 0 radical (unpaired) electrons. The molecule has 5 heteroatoms. The maximum atomic E-state index is 12.1. The van der Waals surface area contributed by atoms with Crippen LogP contribution in [-0.2, 0) is 4.79 Å². The second-order valence-corrected chi connectivity index (χ2v) is 5.37. The molecule has 0 unspecified atom stereocenters. The van der Waals surface area contributed by atoms with E-state index in [2.05, 4.69) is 6.92 Å². The molecule has 1 aliphatic heterocycles. The fourth-order valence-electron chi connectivity index (χ4n) is 2.45. The molecule has 0 aromatic heterocycles. The summed E-state index contributed by atoms with van der Waals surface area (Å²) in [4.78, 5) is 25.0. The van der Waals surface area contributed by atoms with Crippen LogP contribution >= 0.6 is 0 Å². The van der Waals surface area contributed by atoms with Crippen LogP contribution in [0.2, 0.25) is 0 Å². The van der Waals surface area contributed by atoms with Crippen molar-refractivity contribution in [2.45, 2.75) is 39.5 Å². The minimum absolute atomic E-state index is 0.0159. The van der Waals surface area contributed by atoms with Crippen molar-refractivity contribution in [3.8, 4) is 11.5 Å². The number of benzene rings is 1. The van der Waals surface area contributed by atoms with Gasteiger partial charge in [0.05, 0.1) is 12.3 Å². The van der Waals surface area contributed by atoms with Gasteiger partial charge in [-0.15, -0.1) is 0 Å². The summed E-state index contributed by atoms with van der Waals surface area (Å²) in [5.41, 5.74) is 1.13. The molecule has 2 rings (SSSR count). The maximum Gasteiger partial charge on any atom is 0.265 e. The zero-order valence-corrected chi connectivity index (χ0v) is 13.3. The first kappa shape index (κ1) is 16.3. The first-order chi connectivity index (χ1) is 10.7. The van der Waals surface area contributed by atoms with E-state index >= 15 is 0 Å². The standard InChI is InChI=1S/C17H23NO4/c1-3-5-6-7-18-14-9-13(11-19)10-15(21-8-4-2)17(14)22-12-16(18)20/h9-11H,3-8,12H2,1-2H3. The Morgan fingerprint density at radius 3 is 2.77 bits per heavy atom. The Labute approximate surface area is 131 Å². The first-order valence-electron chi connectivity index (χ1n) is 7.90. The second-order valence-electron chi connectivity index (χ2n) is 5.37. The molecule has 0 bridgehead atoms. The highest BCUT2D eigenvalue weighted by atomic mass is 16.5. The summed E-state index contributed by atoms with van der Waals surface area (Å²) in [6.45, 7) is 5.33. The third kappa shape index (κ3) is 3.59. The molecule has 0 saturated heterocycles. The number of aldehydes is 1. The van der Waals surface area contributed by atoms with Crippen LogP contribution in [0.4, 0.5) is 5.69 Å². The summed E-state index contributed by atoms with van der Waals surface area (Å²) in [6.07, 6.45) is 4.71. The number of fused-ring (bicyclic) bond motifs is 1. The van der Waals surface area contributed by atoms with Crippen LogP contribution < -0.4 is 14.4 Å². The normalized spacial score (nSPS) is 13.5. The second kappa shape index (κ2) is 7.82. The van der Waals surface area contributed by atoms with Crippen LogP contribution in [0.25, 0.3) is 0 Å². The van der Waals surface area contributed by atoms with Gasteiger partial charge in [-0.2, -0.15) is 0 Å². The summed E-state index contributed by atoms with van der Waals surface area (Å²) in [6, 6.07) is 3.37. The van der Waals surface area contributed by atoms with Gasteiger partial charge < -0.3 is 14.4 Å². The molecule has 1 aliphatic rings. The van der Waals surface area contributed by atoms with Crippen LogP contribution in [0.1, 0.15) is 49.9 Å². The Hall–Kier alpha value is -2.04. The lowest BCUT2D eigenvalue weighted by molar-refractivity contribution is -0.121. The molecule has 22 heavy (non-hydrogen) atoms. The lowest BCUT2D eigenvalue weighted by Gasteiger charge is -2.30. The van der Waals surface area contributed by atoms with Gasteiger partial charge >= 0.3 is 0 Å². The Morgan fingerprint density at radius 2 is 2.09 bits per heavy atom. The van der Waals surface area contributed by atoms with E-state index in [1.54, 1.807) is 17.0 Å². The number of hydrogen-bond donors (Lipinski definition) is 0. The zero-order chi connectivity index (χ0) is 15.9. The zero-order valence-electron chi connectivity index (χ0n) is 13.3. The summed E-state index contributed by atoms with van der Waals surface area (Å²) < 4.78 is 11.3. The van der Waals surface area contributed by atoms with Crippen molar-refractivity contribution in [1.82, 2.24) is 0 Å². The smallest absolute Gasteiger partial charge is 0.265 e. The summed E-state index contributed by atoms with van der Waals surface area (Å²) in [5, 5.41) is 0. The number of amides is 1. The van der Waals surface area contributed by atoms with Crippen molar-refractivity contribution >= 4 is 17.9 Å². The molecular weight excluding hydrogens is 282 g/mol. The van der Waals surface area contributed by atoms with Gasteiger partial charge in [-0.1, -0.05) is 26.7 Å². The fourth-order valence-corrected chi connectivity index (χ4v) is 2.45. The molecule has 0 aliphatic carbocycles. The van der Waals surface area contributed by atoms with Crippen molar-refractivity contribution in [3.63, 3.8) is 0 Å². The minimum atomic E-state index is -0.0758. The molecule has 0 atom stereocenters. The van der Waals surface area contributed by atoms with Crippen LogP contribution in [0, 0.1) is 0 Å². The maximum absolute atomic E-state index is 12.1. The topological polar surface area (TPSA) is 55.8 Å². The highest BCUT2D eigenvalue weighted by Crippen LogP contribution is 2.41. The quantitative estimate of drug-likeness (QED) is 0.546. The average molecular weight is 305 g/mol. The molecule has 1 amide bonds. The molecule has 1 heterocycles. The lowest BCUT2D eigenvalue weighted by atomic mass is 10.1. The van der Waals surface area contributed by atoms with Gasteiger partial charge in [0, 0.05) is 12.1 Å². The third-order valence-corrected chi connectivity index (χ3v) is 3.57. The van der Waals surface area contributed by atoms with Crippen molar-refractivity contribution in [2.75, 3.05) is 24.7 Å². The highest BCUT2D eigenvalue weighted by molar-refractivity contribution is 5.99. The molecule has 5 nitrogen and oxygen atoms in total. The van der Waals surface area contributed by atoms with E-state index in [0.29, 0.717) is 35.9 Å². The fraction of sp³-hybridized carbons (Fsp3) is 0.529. The molecular formula is C17H23NO4. The first-order valence-corrected chi connectivity index (χ1v) is 7.90. The van der Waals surface area contributed by atoms with Gasteiger partial charge in [-0.25, -0.2) is 0 Å². The number of unbranched alkanes of at least 4 members (excludes halogenated alkanes) is 2. The van der Waals surface area contributed by atoms with Gasteiger partial charge in [0.1, 0.15) is 6.29 Å². The Balaban J connectivity index is 2.34. The Bertz CT molecular complexity index is 542. The van der Waals surface area contributed by atoms with Crippen molar-refractivity contribution in [2.24, 2.45) is 0 Å². The summed E-state index contributed by atoms with van der Waals surface area (Å²) in [5.74, 6) is 1.03. The number of nitrogens with zero attached hydrogens (tertiary/aromatic N) is 1. The highest BCUT2D eigenvalue weighted by Gasteiger charge is 2.28. The van der Waals surface area contributed by atoms with Gasteiger partial charge in [-0.3, -0.25) is 9.59 Å². The number of carbonyl (C=O) groups excluding carboxylic acids is 2. The molecule has 0 spiro atoms.